The van der Waals surface area contributed by atoms with E-state index >= 15 is 0 Å². The van der Waals surface area contributed by atoms with Crippen LogP contribution in [-0.4, -0.2) is 60.2 Å². The van der Waals surface area contributed by atoms with Crippen LogP contribution in [-0.2, 0) is 10.9 Å². The predicted molar refractivity (Wildman–Crippen MR) is 159 cm³/mol. The number of rotatable bonds is 8. The molecule has 1 aliphatic rings. The molecular weight excluding hydrogens is 543 g/mol. The van der Waals surface area contributed by atoms with Gasteiger partial charge in [0.15, 0.2) is 0 Å². The van der Waals surface area contributed by atoms with Gasteiger partial charge in [0.05, 0.1) is 24.3 Å². The maximum Gasteiger partial charge on any atom is 0.416 e. The molecule has 4 aromatic rings. The summed E-state index contributed by atoms with van der Waals surface area (Å²) in [5.41, 5.74) is 5.00. The number of nitrogens with zero attached hydrogens (tertiary/aromatic N) is 3. The summed E-state index contributed by atoms with van der Waals surface area (Å²) in [4.78, 5) is 24.6. The number of fused-ring (bicyclic) bond motifs is 1. The molecule has 1 aromatic heterocycles. The van der Waals surface area contributed by atoms with Gasteiger partial charge in [-0.1, -0.05) is 18.2 Å². The number of halogens is 3. The number of ether oxygens (including phenoxy) is 1. The maximum absolute atomic E-state index is 13.2. The minimum absolute atomic E-state index is 0.0564. The number of nitrogens with one attached hydrogen (secondary N) is 2. The first-order valence-electron chi connectivity index (χ1n) is 14.0. The van der Waals surface area contributed by atoms with Crippen LogP contribution in [0.1, 0.15) is 39.0 Å². The van der Waals surface area contributed by atoms with Crippen molar-refractivity contribution < 1.29 is 22.7 Å². The van der Waals surface area contributed by atoms with Gasteiger partial charge in [-0.3, -0.25) is 9.69 Å². The Bertz CT molecular complexity index is 1600. The van der Waals surface area contributed by atoms with Crippen molar-refractivity contribution in [1.29, 1.82) is 0 Å². The Hall–Kier alpha value is -4.02. The molecule has 1 amide bonds. The second kappa shape index (κ2) is 12.5. The standard InChI is InChI=1S/C32H34F3N5O2/c1-20-16-21(2)29(39-30(41)24-6-4-7-26(18-24)32(33,34)35)22(3)28(20)23-8-9-27-25(17-23)19-37-31(38-27)36-10-5-11-40-12-14-42-15-13-40/h4,6-9,16-19H,5,10-15H2,1-3H3,(H,39,41)(H,36,37,38). The van der Waals surface area contributed by atoms with E-state index < -0.39 is 17.6 Å². The minimum atomic E-state index is -4.53. The third-order valence-corrected chi connectivity index (χ3v) is 7.57. The van der Waals surface area contributed by atoms with Crippen molar-refractivity contribution in [2.75, 3.05) is 50.0 Å². The van der Waals surface area contributed by atoms with E-state index in [0.29, 0.717) is 11.6 Å². The predicted octanol–water partition coefficient (Wildman–Crippen LogP) is 6.63. The lowest BCUT2D eigenvalue weighted by atomic mass is 9.91. The van der Waals surface area contributed by atoms with Crippen molar-refractivity contribution >= 4 is 28.4 Å². The Kier molecular flexibility index (Phi) is 8.74. The summed E-state index contributed by atoms with van der Waals surface area (Å²) in [5.74, 6) is -0.0153. The quantitative estimate of drug-likeness (QED) is 0.229. The van der Waals surface area contributed by atoms with Crippen LogP contribution in [0.5, 0.6) is 0 Å². The molecule has 1 fully saturated rings. The number of benzene rings is 3. The molecule has 220 valence electrons. The van der Waals surface area contributed by atoms with Crippen LogP contribution < -0.4 is 10.6 Å². The molecule has 1 saturated heterocycles. The SMILES string of the molecule is Cc1cc(C)c(-c2ccc3nc(NCCCN4CCOCC4)ncc3c2)c(C)c1NC(=O)c1cccc(C(F)(F)F)c1. The molecule has 2 N–H and O–H groups in total. The summed E-state index contributed by atoms with van der Waals surface area (Å²) in [6, 6.07) is 12.3. The van der Waals surface area contributed by atoms with E-state index in [1.807, 2.05) is 45.0 Å². The van der Waals surface area contributed by atoms with E-state index in [1.54, 1.807) is 6.20 Å². The highest BCUT2D eigenvalue weighted by Gasteiger charge is 2.31. The first-order chi connectivity index (χ1) is 20.1. The summed E-state index contributed by atoms with van der Waals surface area (Å²) in [7, 11) is 0. The summed E-state index contributed by atoms with van der Waals surface area (Å²) < 4.78 is 45.0. The number of aryl methyl sites for hydroxylation is 2. The highest BCUT2D eigenvalue weighted by molar-refractivity contribution is 6.06. The highest BCUT2D eigenvalue weighted by Crippen LogP contribution is 2.36. The maximum atomic E-state index is 13.2. The molecule has 0 aliphatic carbocycles. The van der Waals surface area contributed by atoms with Crippen LogP contribution in [0.4, 0.5) is 24.8 Å². The van der Waals surface area contributed by atoms with Gasteiger partial charge in [0.1, 0.15) is 0 Å². The van der Waals surface area contributed by atoms with E-state index in [2.05, 4.69) is 25.5 Å². The van der Waals surface area contributed by atoms with E-state index in [4.69, 9.17) is 4.74 Å². The van der Waals surface area contributed by atoms with Crippen LogP contribution in [0.2, 0.25) is 0 Å². The Balaban J connectivity index is 1.33. The lowest BCUT2D eigenvalue weighted by Gasteiger charge is -2.26. The van der Waals surface area contributed by atoms with E-state index in [1.165, 1.54) is 12.1 Å². The summed E-state index contributed by atoms with van der Waals surface area (Å²) >= 11 is 0. The molecule has 10 heteroatoms. The van der Waals surface area contributed by atoms with E-state index in [0.717, 1.165) is 96.7 Å². The molecule has 0 atom stereocenters. The van der Waals surface area contributed by atoms with Gasteiger partial charge in [-0.15, -0.1) is 0 Å². The number of aromatic nitrogens is 2. The molecular formula is C32H34F3N5O2. The number of hydrogen-bond donors (Lipinski definition) is 2. The molecule has 0 bridgehead atoms. The van der Waals surface area contributed by atoms with Crippen molar-refractivity contribution in [3.8, 4) is 11.1 Å². The second-order valence-corrected chi connectivity index (χ2v) is 10.6. The smallest absolute Gasteiger partial charge is 0.379 e. The third-order valence-electron chi connectivity index (χ3n) is 7.57. The Morgan fingerprint density at radius 2 is 1.81 bits per heavy atom. The molecule has 0 spiro atoms. The van der Waals surface area contributed by atoms with Crippen molar-refractivity contribution in [2.45, 2.75) is 33.4 Å². The van der Waals surface area contributed by atoms with Crippen molar-refractivity contribution in [3.05, 3.63) is 82.5 Å². The minimum Gasteiger partial charge on any atom is -0.379 e. The fraction of sp³-hybridized carbons (Fsp3) is 0.344. The van der Waals surface area contributed by atoms with Gasteiger partial charge < -0.3 is 15.4 Å². The Labute approximate surface area is 243 Å². The molecule has 0 unspecified atom stereocenters. The molecule has 0 saturated carbocycles. The molecule has 0 radical (unpaired) electrons. The summed E-state index contributed by atoms with van der Waals surface area (Å²) in [6.07, 6.45) is -1.75. The van der Waals surface area contributed by atoms with Crippen LogP contribution in [0.15, 0.2) is 54.7 Å². The number of alkyl halides is 3. The van der Waals surface area contributed by atoms with Gasteiger partial charge in [0.25, 0.3) is 5.91 Å². The Morgan fingerprint density at radius 3 is 2.57 bits per heavy atom. The zero-order valence-electron chi connectivity index (χ0n) is 23.9. The van der Waals surface area contributed by atoms with Crippen LogP contribution >= 0.6 is 0 Å². The molecule has 2 heterocycles. The van der Waals surface area contributed by atoms with Gasteiger partial charge in [-0.05, 0) is 91.9 Å². The normalized spacial score (nSPS) is 14.2. The third kappa shape index (κ3) is 6.71. The van der Waals surface area contributed by atoms with Crippen molar-refractivity contribution in [1.82, 2.24) is 14.9 Å². The number of morpholine rings is 1. The molecule has 7 nitrogen and oxygen atoms in total. The van der Waals surface area contributed by atoms with Gasteiger partial charge in [0, 0.05) is 42.5 Å². The number of hydrogen-bond acceptors (Lipinski definition) is 6. The molecule has 42 heavy (non-hydrogen) atoms. The first kappa shape index (κ1) is 29.5. The molecule has 1 aliphatic heterocycles. The lowest BCUT2D eigenvalue weighted by Crippen LogP contribution is -2.37. The zero-order valence-corrected chi connectivity index (χ0v) is 23.9. The van der Waals surface area contributed by atoms with Gasteiger partial charge in [0.2, 0.25) is 5.95 Å². The van der Waals surface area contributed by atoms with Crippen molar-refractivity contribution in [3.63, 3.8) is 0 Å². The topological polar surface area (TPSA) is 79.4 Å². The molecule has 5 rings (SSSR count). The zero-order chi connectivity index (χ0) is 29.9. The fourth-order valence-electron chi connectivity index (χ4n) is 5.45. The number of carbonyl (C=O) groups is 1. The van der Waals surface area contributed by atoms with E-state index in [-0.39, 0.29) is 5.56 Å². The van der Waals surface area contributed by atoms with Crippen LogP contribution in [0.3, 0.4) is 0 Å². The second-order valence-electron chi connectivity index (χ2n) is 10.6. The lowest BCUT2D eigenvalue weighted by molar-refractivity contribution is -0.137. The van der Waals surface area contributed by atoms with Gasteiger partial charge >= 0.3 is 6.18 Å². The van der Waals surface area contributed by atoms with Gasteiger partial charge in [-0.2, -0.15) is 13.2 Å². The number of carbonyl (C=O) groups excluding carboxylic acids is 1. The first-order valence-corrected chi connectivity index (χ1v) is 14.0. The summed E-state index contributed by atoms with van der Waals surface area (Å²) in [6.45, 7) is 11.1. The Morgan fingerprint density at radius 1 is 1.02 bits per heavy atom. The number of anilines is 2. The summed E-state index contributed by atoms with van der Waals surface area (Å²) in [5, 5.41) is 7.04. The van der Waals surface area contributed by atoms with Gasteiger partial charge in [-0.25, -0.2) is 9.97 Å². The largest absolute Gasteiger partial charge is 0.416 e. The van der Waals surface area contributed by atoms with Crippen LogP contribution in [0, 0.1) is 20.8 Å². The average Bonchev–Trinajstić information content (AvgIpc) is 2.97. The highest BCUT2D eigenvalue weighted by atomic mass is 19.4. The van der Waals surface area contributed by atoms with E-state index in [9.17, 15) is 18.0 Å². The van der Waals surface area contributed by atoms with Crippen molar-refractivity contribution in [2.24, 2.45) is 0 Å². The monoisotopic (exact) mass is 577 g/mol. The number of amides is 1. The average molecular weight is 578 g/mol. The van der Waals surface area contributed by atoms with Crippen LogP contribution in [0.25, 0.3) is 22.0 Å². The fourth-order valence-corrected chi connectivity index (χ4v) is 5.45. The molecule has 3 aromatic carbocycles.